The van der Waals surface area contributed by atoms with E-state index in [1.807, 2.05) is 0 Å². The number of aromatic carboxylic acids is 1. The summed E-state index contributed by atoms with van der Waals surface area (Å²) in [6, 6.07) is 3.14. The van der Waals surface area contributed by atoms with Crippen molar-refractivity contribution in [2.24, 2.45) is 0 Å². The Bertz CT molecular complexity index is 423. The van der Waals surface area contributed by atoms with E-state index in [9.17, 15) is 9.90 Å². The van der Waals surface area contributed by atoms with E-state index in [4.69, 9.17) is 5.11 Å². The fraction of sp³-hybridized carbons (Fsp3) is 0.571. The number of anilines is 1. The van der Waals surface area contributed by atoms with Crippen LogP contribution in [0.4, 0.5) is 5.69 Å². The highest BCUT2D eigenvalue weighted by Crippen LogP contribution is 2.27. The third kappa shape index (κ3) is 3.92. The molecule has 0 atom stereocenters. The molecular weight excluding hydrogens is 244 g/mol. The summed E-state index contributed by atoms with van der Waals surface area (Å²) in [5.74, 6) is -1.03. The Hall–Kier alpha value is -1.62. The molecule has 0 unspecified atom stereocenters. The number of aliphatic hydroxyl groups is 1. The van der Waals surface area contributed by atoms with Crippen LogP contribution in [0.25, 0.3) is 0 Å². The van der Waals surface area contributed by atoms with E-state index >= 15 is 0 Å². The number of nitrogens with zero attached hydrogens (tertiary/aromatic N) is 1. The molecule has 104 valence electrons. The van der Waals surface area contributed by atoms with Gasteiger partial charge in [0.05, 0.1) is 17.5 Å². The van der Waals surface area contributed by atoms with Crippen LogP contribution in [-0.2, 0) is 0 Å². The normalized spacial score (nSPS) is 18.6. The van der Waals surface area contributed by atoms with Crippen LogP contribution in [0.2, 0.25) is 0 Å². The van der Waals surface area contributed by atoms with Gasteiger partial charge in [0.15, 0.2) is 0 Å². The highest BCUT2D eigenvalue weighted by Gasteiger charge is 2.27. The Labute approximate surface area is 112 Å². The number of rotatable bonds is 4. The highest BCUT2D eigenvalue weighted by atomic mass is 16.4. The number of aromatic nitrogens is 1. The second-order valence-corrected chi connectivity index (χ2v) is 5.23. The molecule has 19 heavy (non-hydrogen) atoms. The molecule has 0 amide bonds. The maximum atomic E-state index is 10.7. The second-order valence-electron chi connectivity index (χ2n) is 5.23. The first-order valence-corrected chi connectivity index (χ1v) is 6.75. The Morgan fingerprint density at radius 3 is 2.47 bits per heavy atom. The minimum Gasteiger partial charge on any atom is -0.477 e. The highest BCUT2D eigenvalue weighted by molar-refractivity contribution is 5.85. The molecule has 3 N–H and O–H groups in total. The van der Waals surface area contributed by atoms with Gasteiger partial charge in [0.2, 0.25) is 0 Å². The number of hydrogen-bond donors (Lipinski definition) is 3. The summed E-state index contributed by atoms with van der Waals surface area (Å²) in [6.07, 6.45) is 7.64. The molecule has 0 aromatic carbocycles. The maximum Gasteiger partial charge on any atom is 0.354 e. The fourth-order valence-corrected chi connectivity index (χ4v) is 2.45. The smallest absolute Gasteiger partial charge is 0.354 e. The minimum absolute atomic E-state index is 0.0266. The lowest BCUT2D eigenvalue weighted by molar-refractivity contribution is 0.0381. The Kier molecular flexibility index (Phi) is 4.37. The van der Waals surface area contributed by atoms with Crippen molar-refractivity contribution in [3.05, 3.63) is 24.0 Å². The van der Waals surface area contributed by atoms with Gasteiger partial charge in [0.25, 0.3) is 0 Å². The van der Waals surface area contributed by atoms with Crippen molar-refractivity contribution < 1.29 is 15.0 Å². The molecule has 1 fully saturated rings. The number of pyridine rings is 1. The van der Waals surface area contributed by atoms with Crippen molar-refractivity contribution in [1.82, 2.24) is 4.98 Å². The van der Waals surface area contributed by atoms with Crippen LogP contribution in [0.1, 0.15) is 49.0 Å². The largest absolute Gasteiger partial charge is 0.477 e. The molecule has 1 aliphatic rings. The average molecular weight is 264 g/mol. The SMILES string of the molecule is O=C(O)c1ccc(NCC2(O)CCCCCC2)cn1. The van der Waals surface area contributed by atoms with Crippen LogP contribution < -0.4 is 5.32 Å². The third-order valence-corrected chi connectivity index (χ3v) is 3.64. The van der Waals surface area contributed by atoms with E-state index in [2.05, 4.69) is 10.3 Å². The lowest BCUT2D eigenvalue weighted by atomic mass is 9.94. The van der Waals surface area contributed by atoms with Crippen LogP contribution in [0.3, 0.4) is 0 Å². The molecule has 1 saturated carbocycles. The minimum atomic E-state index is -1.03. The summed E-state index contributed by atoms with van der Waals surface area (Å²) >= 11 is 0. The van der Waals surface area contributed by atoms with Gasteiger partial charge in [-0.1, -0.05) is 25.7 Å². The molecular formula is C14H20N2O3. The zero-order chi connectivity index (χ0) is 13.7. The van der Waals surface area contributed by atoms with Crippen molar-refractivity contribution in [1.29, 1.82) is 0 Å². The van der Waals surface area contributed by atoms with Gasteiger partial charge in [-0.25, -0.2) is 9.78 Å². The molecule has 0 radical (unpaired) electrons. The topological polar surface area (TPSA) is 82.5 Å². The molecule has 0 saturated heterocycles. The average Bonchev–Trinajstić information content (AvgIpc) is 2.62. The number of carboxylic acid groups (broad SMARTS) is 1. The number of carbonyl (C=O) groups is 1. The third-order valence-electron chi connectivity index (χ3n) is 3.64. The van der Waals surface area contributed by atoms with E-state index in [0.717, 1.165) is 31.4 Å². The molecule has 1 heterocycles. The van der Waals surface area contributed by atoms with Gasteiger partial charge in [-0.3, -0.25) is 0 Å². The maximum absolute atomic E-state index is 10.7. The summed E-state index contributed by atoms with van der Waals surface area (Å²) in [5, 5.41) is 22.4. The van der Waals surface area contributed by atoms with E-state index < -0.39 is 11.6 Å². The van der Waals surface area contributed by atoms with Gasteiger partial charge in [-0.15, -0.1) is 0 Å². The van der Waals surface area contributed by atoms with Crippen LogP contribution in [0, 0.1) is 0 Å². The van der Waals surface area contributed by atoms with Crippen molar-refractivity contribution >= 4 is 11.7 Å². The Morgan fingerprint density at radius 2 is 1.95 bits per heavy atom. The summed E-state index contributed by atoms with van der Waals surface area (Å²) < 4.78 is 0. The predicted molar refractivity (Wildman–Crippen MR) is 72.3 cm³/mol. The zero-order valence-corrected chi connectivity index (χ0v) is 10.9. The van der Waals surface area contributed by atoms with Gasteiger partial charge in [-0.05, 0) is 25.0 Å². The van der Waals surface area contributed by atoms with Crippen molar-refractivity contribution in [2.75, 3.05) is 11.9 Å². The van der Waals surface area contributed by atoms with Crippen molar-refractivity contribution in [2.45, 2.75) is 44.1 Å². The lowest BCUT2D eigenvalue weighted by Gasteiger charge is -2.27. The molecule has 0 spiro atoms. The molecule has 1 aromatic heterocycles. The predicted octanol–water partition coefficient (Wildman–Crippen LogP) is 2.28. The molecule has 1 aliphatic carbocycles. The first-order valence-electron chi connectivity index (χ1n) is 6.75. The number of carboxylic acids is 1. The van der Waals surface area contributed by atoms with Crippen LogP contribution in [-0.4, -0.2) is 33.3 Å². The van der Waals surface area contributed by atoms with Crippen molar-refractivity contribution in [3.8, 4) is 0 Å². The Morgan fingerprint density at radius 1 is 1.26 bits per heavy atom. The second kappa shape index (κ2) is 6.02. The standard InChI is InChI=1S/C14H20N2O3/c17-13(18)12-6-5-11(9-15-12)16-10-14(19)7-3-1-2-4-8-14/h5-6,9,16,19H,1-4,7-8,10H2,(H,17,18). The quantitative estimate of drug-likeness (QED) is 0.727. The molecule has 2 rings (SSSR count). The fourth-order valence-electron chi connectivity index (χ4n) is 2.45. The molecule has 5 nitrogen and oxygen atoms in total. The lowest BCUT2D eigenvalue weighted by Crippen LogP contribution is -2.36. The van der Waals surface area contributed by atoms with E-state index in [1.54, 1.807) is 6.07 Å². The van der Waals surface area contributed by atoms with Crippen LogP contribution in [0.15, 0.2) is 18.3 Å². The van der Waals surface area contributed by atoms with E-state index in [-0.39, 0.29) is 5.69 Å². The van der Waals surface area contributed by atoms with Gasteiger partial charge in [-0.2, -0.15) is 0 Å². The number of nitrogens with one attached hydrogen (secondary N) is 1. The van der Waals surface area contributed by atoms with Gasteiger partial charge < -0.3 is 15.5 Å². The van der Waals surface area contributed by atoms with Gasteiger partial charge >= 0.3 is 5.97 Å². The van der Waals surface area contributed by atoms with Crippen LogP contribution in [0.5, 0.6) is 0 Å². The summed E-state index contributed by atoms with van der Waals surface area (Å²) in [7, 11) is 0. The van der Waals surface area contributed by atoms with Gasteiger partial charge in [0.1, 0.15) is 5.69 Å². The molecule has 0 bridgehead atoms. The first kappa shape index (κ1) is 13.8. The summed E-state index contributed by atoms with van der Waals surface area (Å²) in [4.78, 5) is 14.5. The molecule has 1 aromatic rings. The summed E-state index contributed by atoms with van der Waals surface area (Å²) in [5.41, 5.74) is 0.114. The van der Waals surface area contributed by atoms with Gasteiger partial charge in [0, 0.05) is 6.54 Å². The summed E-state index contributed by atoms with van der Waals surface area (Å²) in [6.45, 7) is 0.487. The number of hydrogen-bond acceptors (Lipinski definition) is 4. The van der Waals surface area contributed by atoms with E-state index in [0.29, 0.717) is 6.54 Å². The monoisotopic (exact) mass is 264 g/mol. The van der Waals surface area contributed by atoms with E-state index in [1.165, 1.54) is 25.1 Å². The van der Waals surface area contributed by atoms with Crippen LogP contribution >= 0.6 is 0 Å². The van der Waals surface area contributed by atoms with Crippen molar-refractivity contribution in [3.63, 3.8) is 0 Å². The molecule has 5 heteroatoms. The first-order chi connectivity index (χ1) is 9.09. The molecule has 0 aliphatic heterocycles. The zero-order valence-electron chi connectivity index (χ0n) is 10.9. The Balaban J connectivity index is 1.92.